The third-order valence-corrected chi connectivity index (χ3v) is 9.34. The number of amides is 2. The molecule has 2 N–H and O–H groups in total. The predicted octanol–water partition coefficient (Wildman–Crippen LogP) is 6.92. The van der Waals surface area contributed by atoms with Crippen molar-refractivity contribution in [3.8, 4) is 0 Å². The molecule has 2 aliphatic heterocycles. The van der Waals surface area contributed by atoms with Crippen LogP contribution in [0.2, 0.25) is 10.0 Å². The van der Waals surface area contributed by atoms with Gasteiger partial charge in [0.05, 0.1) is 28.2 Å². The van der Waals surface area contributed by atoms with Crippen LogP contribution in [0, 0.1) is 12.7 Å². The molecule has 2 amide bonds. The fourth-order valence-corrected chi connectivity index (χ4v) is 6.56. The summed E-state index contributed by atoms with van der Waals surface area (Å²) in [6.07, 6.45) is 1.71. The van der Waals surface area contributed by atoms with Crippen LogP contribution in [0.15, 0.2) is 47.8 Å². The Morgan fingerprint density at radius 1 is 1.18 bits per heavy atom. The number of halogens is 3. The van der Waals surface area contributed by atoms with Crippen molar-refractivity contribution in [1.82, 2.24) is 10.6 Å². The summed E-state index contributed by atoms with van der Waals surface area (Å²) in [5, 5.41) is 9.13. The largest absolute Gasteiger partial charge is 0.437 e. The van der Waals surface area contributed by atoms with Gasteiger partial charge in [-0.3, -0.25) is 9.69 Å². The zero-order chi connectivity index (χ0) is 27.6. The first-order valence-corrected chi connectivity index (χ1v) is 14.7. The number of hydrogen-bond donors (Lipinski definition) is 2. The van der Waals surface area contributed by atoms with E-state index in [9.17, 15) is 14.0 Å². The van der Waals surface area contributed by atoms with Crippen molar-refractivity contribution >= 4 is 52.2 Å². The van der Waals surface area contributed by atoms with Gasteiger partial charge >= 0.3 is 6.09 Å². The van der Waals surface area contributed by atoms with Gasteiger partial charge in [0, 0.05) is 29.8 Å². The lowest BCUT2D eigenvalue weighted by Gasteiger charge is -2.44. The number of piperidine rings is 1. The normalized spacial score (nSPS) is 17.0. The van der Waals surface area contributed by atoms with Crippen molar-refractivity contribution in [2.24, 2.45) is 0 Å². The molecule has 2 aliphatic rings. The van der Waals surface area contributed by atoms with E-state index >= 15 is 0 Å². The maximum atomic E-state index is 14.3. The van der Waals surface area contributed by atoms with Crippen LogP contribution in [0.4, 0.5) is 14.9 Å². The van der Waals surface area contributed by atoms with E-state index in [-0.39, 0.29) is 11.7 Å². The maximum Gasteiger partial charge on any atom is 0.415 e. The molecule has 10 heteroatoms. The second-order valence-corrected chi connectivity index (χ2v) is 11.9. The molecule has 2 aromatic carbocycles. The van der Waals surface area contributed by atoms with E-state index in [1.54, 1.807) is 34.4 Å². The first-order chi connectivity index (χ1) is 18.8. The van der Waals surface area contributed by atoms with Crippen LogP contribution in [0.1, 0.15) is 53.2 Å². The number of anilines is 1. The summed E-state index contributed by atoms with van der Waals surface area (Å²) in [4.78, 5) is 29.3. The summed E-state index contributed by atoms with van der Waals surface area (Å²) in [5.74, 6) is -0.982. The van der Waals surface area contributed by atoms with Crippen molar-refractivity contribution in [2.45, 2.75) is 50.7 Å². The minimum atomic E-state index is -0.821. The second kappa shape index (κ2) is 11.8. The smallest absolute Gasteiger partial charge is 0.415 e. The zero-order valence-electron chi connectivity index (χ0n) is 21.6. The predicted molar refractivity (Wildman–Crippen MR) is 153 cm³/mol. The van der Waals surface area contributed by atoms with Gasteiger partial charge in [0.2, 0.25) is 5.91 Å². The first-order valence-electron chi connectivity index (χ1n) is 13.0. The summed E-state index contributed by atoms with van der Waals surface area (Å²) in [6.45, 7) is 4.16. The van der Waals surface area contributed by atoms with Gasteiger partial charge in [0.1, 0.15) is 11.4 Å². The SMILES string of the molecule is Cc1ccsc1CNC(=O)C(CCCN1C(=O)OC2(CCNCC2)c2cc(F)ccc21)c1ccc(Cl)c(Cl)c1. The monoisotopic (exact) mass is 589 g/mol. The Morgan fingerprint density at radius 2 is 1.97 bits per heavy atom. The highest BCUT2D eigenvalue weighted by molar-refractivity contribution is 7.10. The molecule has 3 heterocycles. The van der Waals surface area contributed by atoms with E-state index in [2.05, 4.69) is 10.6 Å². The van der Waals surface area contributed by atoms with Crippen LogP contribution >= 0.6 is 34.5 Å². The minimum absolute atomic E-state index is 0.126. The fraction of sp³-hybridized carbons (Fsp3) is 0.379. The third kappa shape index (κ3) is 5.94. The molecule has 0 aliphatic carbocycles. The standard InChI is InChI=1S/C29H30Cl2FN3O3S/c1-18-8-14-39-26(18)17-34-27(36)21(19-4-6-23(30)24(31)15-19)3-2-13-35-25-7-5-20(32)16-22(25)29(38-28(35)37)9-11-33-12-10-29/h4-8,14-16,21,33H,2-3,9-13,17H2,1H3,(H,34,36). The van der Waals surface area contributed by atoms with E-state index in [4.69, 9.17) is 27.9 Å². The van der Waals surface area contributed by atoms with Crippen LogP contribution in [-0.2, 0) is 21.7 Å². The van der Waals surface area contributed by atoms with Crippen molar-refractivity contribution in [3.63, 3.8) is 0 Å². The number of benzene rings is 2. The van der Waals surface area contributed by atoms with Gasteiger partial charge in [-0.2, -0.15) is 0 Å². The van der Waals surface area contributed by atoms with Crippen molar-refractivity contribution in [1.29, 1.82) is 0 Å². The zero-order valence-corrected chi connectivity index (χ0v) is 23.9. The number of nitrogens with one attached hydrogen (secondary N) is 2. The topological polar surface area (TPSA) is 70.7 Å². The summed E-state index contributed by atoms with van der Waals surface area (Å²) < 4.78 is 20.3. The average Bonchev–Trinajstić information content (AvgIpc) is 3.34. The number of fused-ring (bicyclic) bond motifs is 2. The van der Waals surface area contributed by atoms with Crippen LogP contribution in [0.3, 0.4) is 0 Å². The lowest BCUT2D eigenvalue weighted by molar-refractivity contribution is -0.122. The van der Waals surface area contributed by atoms with Crippen molar-refractivity contribution in [2.75, 3.05) is 24.5 Å². The van der Waals surface area contributed by atoms with E-state index < -0.39 is 17.6 Å². The molecule has 1 aromatic heterocycles. The highest BCUT2D eigenvalue weighted by Crippen LogP contribution is 2.45. The highest BCUT2D eigenvalue weighted by atomic mass is 35.5. The Hall–Kier alpha value is -2.65. The van der Waals surface area contributed by atoms with Crippen molar-refractivity contribution < 1.29 is 18.7 Å². The number of carbonyl (C=O) groups excluding carboxylic acids is 2. The van der Waals surface area contributed by atoms with E-state index in [1.807, 2.05) is 24.4 Å². The Labute approximate surface area is 241 Å². The fourth-order valence-electron chi connectivity index (χ4n) is 5.41. The average molecular weight is 591 g/mol. The van der Waals surface area contributed by atoms with Crippen LogP contribution in [0.5, 0.6) is 0 Å². The summed E-state index contributed by atoms with van der Waals surface area (Å²) >= 11 is 14.0. The quantitative estimate of drug-likeness (QED) is 0.299. The van der Waals surface area contributed by atoms with Gasteiger partial charge in [-0.1, -0.05) is 29.3 Å². The van der Waals surface area contributed by atoms with Gasteiger partial charge in [-0.25, -0.2) is 9.18 Å². The Balaban J connectivity index is 1.34. The number of carbonyl (C=O) groups is 2. The van der Waals surface area contributed by atoms with E-state index in [0.717, 1.165) is 16.0 Å². The molecule has 1 unspecified atom stereocenters. The van der Waals surface area contributed by atoms with E-state index in [0.29, 0.717) is 73.2 Å². The summed E-state index contributed by atoms with van der Waals surface area (Å²) in [5.41, 5.74) is 2.43. The van der Waals surface area contributed by atoms with Crippen LogP contribution in [-0.4, -0.2) is 31.6 Å². The molecule has 0 bridgehead atoms. The number of thiophene rings is 1. The van der Waals surface area contributed by atoms with Gasteiger partial charge in [-0.15, -0.1) is 11.3 Å². The molecule has 0 saturated carbocycles. The molecule has 1 spiro atoms. The maximum absolute atomic E-state index is 14.3. The number of aryl methyl sites for hydroxylation is 1. The molecule has 3 aromatic rings. The minimum Gasteiger partial charge on any atom is -0.437 e. The van der Waals surface area contributed by atoms with Gasteiger partial charge in [0.15, 0.2) is 0 Å². The molecule has 6 nitrogen and oxygen atoms in total. The Morgan fingerprint density at radius 3 is 2.69 bits per heavy atom. The molecule has 39 heavy (non-hydrogen) atoms. The lowest BCUT2D eigenvalue weighted by atomic mass is 9.82. The number of ether oxygens (including phenoxy) is 1. The molecule has 1 fully saturated rings. The second-order valence-electron chi connectivity index (χ2n) is 10.0. The van der Waals surface area contributed by atoms with Gasteiger partial charge < -0.3 is 15.4 Å². The van der Waals surface area contributed by atoms with E-state index in [1.165, 1.54) is 12.1 Å². The summed E-state index contributed by atoms with van der Waals surface area (Å²) in [7, 11) is 0. The first kappa shape index (κ1) is 27.9. The lowest BCUT2D eigenvalue weighted by Crippen LogP contribution is -2.51. The number of rotatable bonds is 8. The molecular formula is C29H30Cl2FN3O3S. The Kier molecular flexibility index (Phi) is 8.47. The molecule has 5 rings (SSSR count). The molecule has 1 saturated heterocycles. The van der Waals surface area contributed by atoms with Gasteiger partial charge in [-0.05, 0) is 85.8 Å². The third-order valence-electron chi connectivity index (χ3n) is 7.58. The Bertz CT molecular complexity index is 1380. The molecular weight excluding hydrogens is 560 g/mol. The highest BCUT2D eigenvalue weighted by Gasteiger charge is 2.46. The number of hydrogen-bond acceptors (Lipinski definition) is 5. The van der Waals surface area contributed by atoms with Crippen LogP contribution < -0.4 is 15.5 Å². The molecule has 1 atom stereocenters. The molecule has 0 radical (unpaired) electrons. The number of nitrogens with zero attached hydrogens (tertiary/aromatic N) is 1. The summed E-state index contributed by atoms with van der Waals surface area (Å²) in [6, 6.07) is 11.8. The molecule has 206 valence electrons. The van der Waals surface area contributed by atoms with Crippen molar-refractivity contribution in [3.05, 3.63) is 85.3 Å². The van der Waals surface area contributed by atoms with Gasteiger partial charge in [0.25, 0.3) is 0 Å². The van der Waals surface area contributed by atoms with Crippen LogP contribution in [0.25, 0.3) is 0 Å².